The number of likely N-dealkylation sites (N-methyl/N-ethyl adjacent to an activating group) is 1. The lowest BCUT2D eigenvalue weighted by atomic mass is 9.81. The van der Waals surface area contributed by atoms with Gasteiger partial charge in [0.25, 0.3) is 0 Å². The number of amides is 1. The van der Waals surface area contributed by atoms with Crippen LogP contribution in [0.4, 0.5) is 0 Å². The van der Waals surface area contributed by atoms with Crippen molar-refractivity contribution in [3.8, 4) is 5.75 Å². The molecule has 4 nitrogen and oxygen atoms in total. The van der Waals surface area contributed by atoms with Crippen molar-refractivity contribution < 1.29 is 9.53 Å². The average Bonchev–Trinajstić information content (AvgIpc) is 2.47. The Morgan fingerprint density at radius 2 is 2.00 bits per heavy atom. The van der Waals surface area contributed by atoms with Crippen molar-refractivity contribution in [2.45, 2.75) is 44.6 Å². The Morgan fingerprint density at radius 3 is 2.64 bits per heavy atom. The van der Waals surface area contributed by atoms with Gasteiger partial charge in [-0.15, -0.1) is 12.4 Å². The number of rotatable bonds is 5. The van der Waals surface area contributed by atoms with Gasteiger partial charge in [0.1, 0.15) is 12.4 Å². The van der Waals surface area contributed by atoms with E-state index in [9.17, 15) is 4.79 Å². The Bertz CT molecular complexity index is 487. The van der Waals surface area contributed by atoms with E-state index in [4.69, 9.17) is 10.5 Å². The van der Waals surface area contributed by atoms with Crippen LogP contribution >= 0.6 is 12.4 Å². The minimum absolute atomic E-state index is 0. The fourth-order valence-corrected chi connectivity index (χ4v) is 2.88. The Labute approximate surface area is 139 Å². The fourth-order valence-electron chi connectivity index (χ4n) is 2.88. The van der Waals surface area contributed by atoms with E-state index in [2.05, 4.69) is 0 Å². The summed E-state index contributed by atoms with van der Waals surface area (Å²) in [5.41, 5.74) is 6.78. The van der Waals surface area contributed by atoms with E-state index in [1.807, 2.05) is 38.2 Å². The Balaban J connectivity index is 0.00000242. The van der Waals surface area contributed by atoms with Gasteiger partial charge >= 0.3 is 0 Å². The number of hydrogen-bond acceptors (Lipinski definition) is 3. The van der Waals surface area contributed by atoms with E-state index in [1.165, 1.54) is 12.0 Å². The molecule has 0 unspecified atom stereocenters. The third-order valence-corrected chi connectivity index (χ3v) is 4.20. The van der Waals surface area contributed by atoms with Gasteiger partial charge in [-0.2, -0.15) is 0 Å². The molecule has 0 radical (unpaired) electrons. The van der Waals surface area contributed by atoms with Gasteiger partial charge in [-0.25, -0.2) is 0 Å². The van der Waals surface area contributed by atoms with Gasteiger partial charge in [0, 0.05) is 7.05 Å². The smallest absolute Gasteiger partial charge is 0.242 e. The molecule has 1 saturated carbocycles. The molecule has 0 heterocycles. The molecule has 2 N–H and O–H groups in total. The highest BCUT2D eigenvalue weighted by Gasteiger charge is 2.37. The number of carbonyl (C=O) groups excluding carboxylic acids is 1. The molecule has 124 valence electrons. The number of halogens is 1. The van der Waals surface area contributed by atoms with Crippen molar-refractivity contribution in [3.63, 3.8) is 0 Å². The van der Waals surface area contributed by atoms with Crippen molar-refractivity contribution in [2.75, 3.05) is 20.2 Å². The van der Waals surface area contributed by atoms with Crippen molar-refractivity contribution in [3.05, 3.63) is 29.8 Å². The third-order valence-electron chi connectivity index (χ3n) is 4.20. The lowest BCUT2D eigenvalue weighted by Gasteiger charge is -2.35. The monoisotopic (exact) mass is 326 g/mol. The molecule has 1 fully saturated rings. The summed E-state index contributed by atoms with van der Waals surface area (Å²) in [5.74, 6) is 0.894. The summed E-state index contributed by atoms with van der Waals surface area (Å²) in [6, 6.07) is 7.92. The number of aryl methyl sites for hydroxylation is 1. The summed E-state index contributed by atoms with van der Waals surface area (Å²) < 4.78 is 5.69. The molecule has 1 amide bonds. The number of nitrogens with two attached hydrogens (primary N) is 1. The zero-order valence-electron chi connectivity index (χ0n) is 13.5. The van der Waals surface area contributed by atoms with Crippen LogP contribution in [0.2, 0.25) is 0 Å². The van der Waals surface area contributed by atoms with Gasteiger partial charge in [0.2, 0.25) is 5.91 Å². The summed E-state index contributed by atoms with van der Waals surface area (Å²) >= 11 is 0. The molecule has 1 aromatic carbocycles. The van der Waals surface area contributed by atoms with Crippen LogP contribution in [0.1, 0.15) is 37.7 Å². The predicted octanol–water partition coefficient (Wildman–Crippen LogP) is 2.92. The SMILES string of the molecule is Cc1cccc(OCCN(C)C(=O)C2(N)CCCCC2)c1.Cl. The second-order valence-corrected chi connectivity index (χ2v) is 6.11. The van der Waals surface area contributed by atoms with Crippen LogP contribution in [0.5, 0.6) is 5.75 Å². The first-order valence-electron chi connectivity index (χ1n) is 7.75. The van der Waals surface area contributed by atoms with Crippen LogP contribution in [0.3, 0.4) is 0 Å². The maximum atomic E-state index is 12.5. The third kappa shape index (κ3) is 4.89. The molecular weight excluding hydrogens is 300 g/mol. The molecule has 0 aliphatic heterocycles. The molecule has 1 aromatic rings. The lowest BCUT2D eigenvalue weighted by Crippen LogP contribution is -2.55. The van der Waals surface area contributed by atoms with E-state index in [1.54, 1.807) is 4.90 Å². The van der Waals surface area contributed by atoms with E-state index in [0.29, 0.717) is 13.2 Å². The molecule has 5 heteroatoms. The molecule has 1 aliphatic rings. The Morgan fingerprint density at radius 1 is 1.32 bits per heavy atom. The standard InChI is InChI=1S/C17H26N2O2.ClH/c1-14-7-6-8-15(13-14)21-12-11-19(2)16(20)17(18)9-4-3-5-10-17;/h6-8,13H,3-5,9-12,18H2,1-2H3;1H. The van der Waals surface area contributed by atoms with Crippen LogP contribution in [-0.4, -0.2) is 36.5 Å². The Kier molecular flexibility index (Phi) is 7.17. The number of hydrogen-bond donors (Lipinski definition) is 1. The normalized spacial score (nSPS) is 16.5. The quantitative estimate of drug-likeness (QED) is 0.905. The summed E-state index contributed by atoms with van der Waals surface area (Å²) in [6.07, 6.45) is 4.89. The van der Waals surface area contributed by atoms with E-state index < -0.39 is 5.54 Å². The van der Waals surface area contributed by atoms with E-state index >= 15 is 0 Å². The lowest BCUT2D eigenvalue weighted by molar-refractivity contribution is -0.137. The number of benzene rings is 1. The van der Waals surface area contributed by atoms with Gasteiger partial charge in [-0.05, 0) is 37.5 Å². The second-order valence-electron chi connectivity index (χ2n) is 6.11. The van der Waals surface area contributed by atoms with Gasteiger partial charge in [0.15, 0.2) is 0 Å². The molecule has 0 bridgehead atoms. The molecule has 0 spiro atoms. The molecule has 22 heavy (non-hydrogen) atoms. The van der Waals surface area contributed by atoms with Crippen molar-refractivity contribution in [1.29, 1.82) is 0 Å². The first kappa shape index (κ1) is 18.8. The van der Waals surface area contributed by atoms with Crippen LogP contribution in [0.15, 0.2) is 24.3 Å². The maximum Gasteiger partial charge on any atom is 0.242 e. The van der Waals surface area contributed by atoms with E-state index in [-0.39, 0.29) is 18.3 Å². The first-order valence-corrected chi connectivity index (χ1v) is 7.75. The van der Waals surface area contributed by atoms with Crippen LogP contribution in [0, 0.1) is 6.92 Å². The van der Waals surface area contributed by atoms with Gasteiger partial charge in [-0.1, -0.05) is 31.4 Å². The van der Waals surface area contributed by atoms with Crippen molar-refractivity contribution in [2.24, 2.45) is 5.73 Å². The molecule has 0 saturated heterocycles. The van der Waals surface area contributed by atoms with Crippen molar-refractivity contribution >= 4 is 18.3 Å². The number of carbonyl (C=O) groups is 1. The molecule has 0 atom stereocenters. The van der Waals surface area contributed by atoms with Crippen molar-refractivity contribution in [1.82, 2.24) is 4.90 Å². The van der Waals surface area contributed by atoms with Gasteiger partial charge in [-0.3, -0.25) is 4.79 Å². The minimum Gasteiger partial charge on any atom is -0.492 e. The highest BCUT2D eigenvalue weighted by Crippen LogP contribution is 2.27. The van der Waals surface area contributed by atoms with Crippen LogP contribution < -0.4 is 10.5 Å². The Hall–Kier alpha value is -1.26. The highest BCUT2D eigenvalue weighted by molar-refractivity contribution is 5.86. The fraction of sp³-hybridized carbons (Fsp3) is 0.588. The minimum atomic E-state index is -0.656. The zero-order chi connectivity index (χ0) is 15.3. The van der Waals surface area contributed by atoms with E-state index in [0.717, 1.165) is 31.4 Å². The molecule has 0 aromatic heterocycles. The van der Waals surface area contributed by atoms with Crippen LogP contribution in [-0.2, 0) is 4.79 Å². The van der Waals surface area contributed by atoms with Crippen LogP contribution in [0.25, 0.3) is 0 Å². The second kappa shape index (κ2) is 8.39. The molecule has 1 aliphatic carbocycles. The number of ether oxygens (including phenoxy) is 1. The summed E-state index contributed by atoms with van der Waals surface area (Å²) in [4.78, 5) is 14.2. The largest absolute Gasteiger partial charge is 0.492 e. The first-order chi connectivity index (χ1) is 10.0. The summed E-state index contributed by atoms with van der Waals surface area (Å²) in [7, 11) is 1.81. The highest BCUT2D eigenvalue weighted by atomic mass is 35.5. The topological polar surface area (TPSA) is 55.6 Å². The number of nitrogens with zero attached hydrogens (tertiary/aromatic N) is 1. The summed E-state index contributed by atoms with van der Waals surface area (Å²) in [6.45, 7) is 3.08. The predicted molar refractivity (Wildman–Crippen MR) is 91.6 cm³/mol. The summed E-state index contributed by atoms with van der Waals surface area (Å²) in [5, 5.41) is 0. The van der Waals surface area contributed by atoms with Gasteiger partial charge in [0.05, 0.1) is 12.1 Å². The average molecular weight is 327 g/mol. The van der Waals surface area contributed by atoms with Gasteiger partial charge < -0.3 is 15.4 Å². The zero-order valence-corrected chi connectivity index (χ0v) is 14.3. The molecule has 2 rings (SSSR count). The molecular formula is C17H27ClN2O2. The maximum absolute atomic E-state index is 12.5.